The second-order valence-electron chi connectivity index (χ2n) is 4.42. The van der Waals surface area contributed by atoms with E-state index in [-0.39, 0.29) is 5.54 Å². The summed E-state index contributed by atoms with van der Waals surface area (Å²) < 4.78 is 0. The summed E-state index contributed by atoms with van der Waals surface area (Å²) in [5.74, 6) is 0. The second-order valence-corrected chi connectivity index (χ2v) is 4.42. The maximum Gasteiger partial charge on any atom is 0.00991 e. The molecule has 2 nitrogen and oxygen atoms in total. The molecule has 80 valence electrons. The van der Waals surface area contributed by atoms with E-state index >= 15 is 0 Å². The third-order valence-corrected chi connectivity index (χ3v) is 1.98. The molecular weight excluding hydrogens is 160 g/mol. The topological polar surface area (TPSA) is 24.1 Å². The minimum Gasteiger partial charge on any atom is -0.317 e. The standard InChI is InChI=1S/C9H20N2.C2H6/c1-9(2,3)11-8-4-6-10-7-5-8;1-2/h8,10-11H,4-7H2,1-3H3;1-2H3. The summed E-state index contributed by atoms with van der Waals surface area (Å²) in [7, 11) is 0. The fraction of sp³-hybridized carbons (Fsp3) is 1.00. The smallest absolute Gasteiger partial charge is 0.00991 e. The molecule has 0 aromatic rings. The van der Waals surface area contributed by atoms with Crippen molar-refractivity contribution in [3.05, 3.63) is 0 Å². The number of hydrogen-bond acceptors (Lipinski definition) is 2. The molecule has 1 aliphatic heterocycles. The van der Waals surface area contributed by atoms with Crippen LogP contribution in [0.4, 0.5) is 0 Å². The van der Waals surface area contributed by atoms with Crippen molar-refractivity contribution in [2.75, 3.05) is 13.1 Å². The molecule has 0 aromatic heterocycles. The van der Waals surface area contributed by atoms with Crippen LogP contribution in [0.25, 0.3) is 0 Å². The highest BCUT2D eigenvalue weighted by atomic mass is 15.0. The van der Waals surface area contributed by atoms with Crippen LogP contribution in [-0.4, -0.2) is 24.7 Å². The van der Waals surface area contributed by atoms with Crippen molar-refractivity contribution in [2.24, 2.45) is 0 Å². The van der Waals surface area contributed by atoms with Gasteiger partial charge in [0.25, 0.3) is 0 Å². The zero-order valence-electron chi connectivity index (χ0n) is 9.91. The normalized spacial score (nSPS) is 19.2. The summed E-state index contributed by atoms with van der Waals surface area (Å²) in [4.78, 5) is 0. The van der Waals surface area contributed by atoms with Crippen LogP contribution in [0.2, 0.25) is 0 Å². The molecule has 0 unspecified atom stereocenters. The van der Waals surface area contributed by atoms with Crippen molar-refractivity contribution < 1.29 is 0 Å². The molecule has 0 spiro atoms. The number of nitrogens with one attached hydrogen (secondary N) is 2. The Morgan fingerprint density at radius 3 is 1.92 bits per heavy atom. The molecule has 2 N–H and O–H groups in total. The van der Waals surface area contributed by atoms with E-state index in [1.54, 1.807) is 0 Å². The van der Waals surface area contributed by atoms with Gasteiger partial charge in [-0.3, -0.25) is 0 Å². The maximum atomic E-state index is 3.62. The van der Waals surface area contributed by atoms with Gasteiger partial charge in [0.1, 0.15) is 0 Å². The minimum absolute atomic E-state index is 0.280. The van der Waals surface area contributed by atoms with Gasteiger partial charge >= 0.3 is 0 Å². The van der Waals surface area contributed by atoms with Crippen LogP contribution < -0.4 is 10.6 Å². The summed E-state index contributed by atoms with van der Waals surface area (Å²) >= 11 is 0. The average molecular weight is 186 g/mol. The third kappa shape index (κ3) is 7.03. The average Bonchev–Trinajstić information content (AvgIpc) is 2.07. The lowest BCUT2D eigenvalue weighted by Gasteiger charge is -2.31. The minimum atomic E-state index is 0.280. The molecule has 0 saturated carbocycles. The highest BCUT2D eigenvalue weighted by Gasteiger charge is 2.18. The zero-order chi connectivity index (χ0) is 10.3. The van der Waals surface area contributed by atoms with Gasteiger partial charge in [-0.1, -0.05) is 13.8 Å². The Kier molecular flexibility index (Phi) is 6.35. The highest BCUT2D eigenvalue weighted by molar-refractivity contribution is 4.81. The van der Waals surface area contributed by atoms with Gasteiger partial charge in [0.2, 0.25) is 0 Å². The summed E-state index contributed by atoms with van der Waals surface area (Å²) in [6.45, 7) is 13.0. The molecule has 13 heavy (non-hydrogen) atoms. The lowest BCUT2D eigenvalue weighted by Crippen LogP contribution is -2.48. The van der Waals surface area contributed by atoms with Crippen molar-refractivity contribution in [2.45, 2.75) is 59.0 Å². The van der Waals surface area contributed by atoms with Gasteiger partial charge in [-0.05, 0) is 46.7 Å². The quantitative estimate of drug-likeness (QED) is 0.656. The molecule has 0 bridgehead atoms. The van der Waals surface area contributed by atoms with Crippen molar-refractivity contribution in [3.63, 3.8) is 0 Å². The monoisotopic (exact) mass is 186 g/mol. The van der Waals surface area contributed by atoms with Crippen LogP contribution in [-0.2, 0) is 0 Å². The van der Waals surface area contributed by atoms with E-state index in [1.807, 2.05) is 13.8 Å². The maximum absolute atomic E-state index is 3.62. The van der Waals surface area contributed by atoms with E-state index in [9.17, 15) is 0 Å². The van der Waals surface area contributed by atoms with Gasteiger partial charge in [-0.15, -0.1) is 0 Å². The van der Waals surface area contributed by atoms with E-state index in [4.69, 9.17) is 0 Å². The molecule has 0 amide bonds. The van der Waals surface area contributed by atoms with E-state index in [0.29, 0.717) is 0 Å². The van der Waals surface area contributed by atoms with Crippen molar-refractivity contribution in [1.82, 2.24) is 10.6 Å². The summed E-state index contributed by atoms with van der Waals surface area (Å²) in [5.41, 5.74) is 0.280. The summed E-state index contributed by atoms with van der Waals surface area (Å²) in [6, 6.07) is 0.733. The van der Waals surface area contributed by atoms with Crippen LogP contribution in [0.1, 0.15) is 47.5 Å². The summed E-state index contributed by atoms with van der Waals surface area (Å²) in [6.07, 6.45) is 2.55. The molecule has 1 saturated heterocycles. The van der Waals surface area contributed by atoms with Gasteiger partial charge in [-0.2, -0.15) is 0 Å². The lowest BCUT2D eigenvalue weighted by atomic mass is 10.0. The predicted octanol–water partition coefficient (Wildman–Crippen LogP) is 2.15. The molecule has 1 aliphatic rings. The first-order valence-corrected chi connectivity index (χ1v) is 5.56. The molecule has 2 heteroatoms. The summed E-state index contributed by atoms with van der Waals surface area (Å²) in [5, 5.41) is 6.98. The Bertz CT molecular complexity index is 110. The van der Waals surface area contributed by atoms with Crippen molar-refractivity contribution >= 4 is 0 Å². The molecular formula is C11H26N2. The highest BCUT2D eigenvalue weighted by Crippen LogP contribution is 2.08. The van der Waals surface area contributed by atoms with E-state index < -0.39 is 0 Å². The van der Waals surface area contributed by atoms with Crippen LogP contribution in [0.15, 0.2) is 0 Å². The number of rotatable bonds is 1. The van der Waals surface area contributed by atoms with Crippen LogP contribution >= 0.6 is 0 Å². The Morgan fingerprint density at radius 2 is 1.54 bits per heavy atom. The number of hydrogen-bond donors (Lipinski definition) is 2. The molecule has 0 aromatic carbocycles. The Morgan fingerprint density at radius 1 is 1.08 bits per heavy atom. The van der Waals surface area contributed by atoms with Gasteiger partial charge in [-0.25, -0.2) is 0 Å². The van der Waals surface area contributed by atoms with Crippen LogP contribution in [0.3, 0.4) is 0 Å². The first-order chi connectivity index (χ1) is 6.08. The third-order valence-electron chi connectivity index (χ3n) is 1.98. The molecule has 1 rings (SSSR count). The van der Waals surface area contributed by atoms with E-state index in [1.165, 1.54) is 25.9 Å². The predicted molar refractivity (Wildman–Crippen MR) is 60.1 cm³/mol. The Labute approximate surface area is 83.5 Å². The van der Waals surface area contributed by atoms with Gasteiger partial charge in [0.15, 0.2) is 0 Å². The van der Waals surface area contributed by atoms with Crippen molar-refractivity contribution in [3.8, 4) is 0 Å². The van der Waals surface area contributed by atoms with E-state index in [2.05, 4.69) is 31.4 Å². The van der Waals surface area contributed by atoms with Crippen LogP contribution in [0.5, 0.6) is 0 Å². The van der Waals surface area contributed by atoms with Gasteiger partial charge in [0, 0.05) is 11.6 Å². The SMILES string of the molecule is CC.CC(C)(C)NC1CCNCC1. The van der Waals surface area contributed by atoms with E-state index in [0.717, 1.165) is 6.04 Å². The Hall–Kier alpha value is -0.0800. The van der Waals surface area contributed by atoms with Crippen molar-refractivity contribution in [1.29, 1.82) is 0 Å². The fourth-order valence-corrected chi connectivity index (χ4v) is 1.58. The lowest BCUT2D eigenvalue weighted by molar-refractivity contribution is 0.304. The second kappa shape index (κ2) is 6.39. The molecule has 0 radical (unpaired) electrons. The number of piperidine rings is 1. The zero-order valence-corrected chi connectivity index (χ0v) is 9.91. The van der Waals surface area contributed by atoms with Gasteiger partial charge < -0.3 is 10.6 Å². The fourth-order valence-electron chi connectivity index (χ4n) is 1.58. The first-order valence-electron chi connectivity index (χ1n) is 5.56. The van der Waals surface area contributed by atoms with Crippen LogP contribution in [0, 0.1) is 0 Å². The molecule has 0 atom stereocenters. The molecule has 0 aliphatic carbocycles. The Balaban J connectivity index is 0.000000671. The molecule has 1 heterocycles. The van der Waals surface area contributed by atoms with Gasteiger partial charge in [0.05, 0.1) is 0 Å². The molecule has 1 fully saturated rings. The largest absolute Gasteiger partial charge is 0.317 e. The first kappa shape index (κ1) is 12.9.